The van der Waals surface area contributed by atoms with E-state index in [0.29, 0.717) is 6.42 Å². The molecule has 0 aliphatic heterocycles. The standard InChI is InChI=1S/C15H19F2NO3S/c1-2-7-22(20,21)9-14(19)18-15(10-3-4-10)12-8-11(16)5-6-13(12)17/h5-6,8,10,15H,2-4,7,9H2,1H3,(H,18,19)/t15-/m0/s1. The highest BCUT2D eigenvalue weighted by molar-refractivity contribution is 7.92. The molecule has 7 heteroatoms. The van der Waals surface area contributed by atoms with Crippen molar-refractivity contribution < 1.29 is 22.0 Å². The van der Waals surface area contributed by atoms with E-state index < -0.39 is 39.2 Å². The maximum Gasteiger partial charge on any atom is 0.235 e. The van der Waals surface area contributed by atoms with E-state index in [1.165, 1.54) is 0 Å². The van der Waals surface area contributed by atoms with Crippen LogP contribution in [0, 0.1) is 17.6 Å². The van der Waals surface area contributed by atoms with E-state index >= 15 is 0 Å². The molecule has 0 spiro atoms. The molecule has 0 radical (unpaired) electrons. The van der Waals surface area contributed by atoms with Crippen LogP contribution in [0.25, 0.3) is 0 Å². The zero-order chi connectivity index (χ0) is 16.3. The van der Waals surface area contributed by atoms with Gasteiger partial charge in [-0.25, -0.2) is 17.2 Å². The molecule has 1 aromatic carbocycles. The van der Waals surface area contributed by atoms with Crippen molar-refractivity contribution in [1.82, 2.24) is 5.32 Å². The van der Waals surface area contributed by atoms with Crippen LogP contribution in [0.1, 0.15) is 37.8 Å². The molecule has 1 amide bonds. The van der Waals surface area contributed by atoms with Gasteiger partial charge in [0.1, 0.15) is 17.4 Å². The Balaban J connectivity index is 2.13. The van der Waals surface area contributed by atoms with Crippen LogP contribution < -0.4 is 5.32 Å². The second-order valence-corrected chi connectivity index (χ2v) is 7.82. The van der Waals surface area contributed by atoms with E-state index in [4.69, 9.17) is 0 Å². The number of hydrogen-bond acceptors (Lipinski definition) is 3. The summed E-state index contributed by atoms with van der Waals surface area (Å²) >= 11 is 0. The number of sulfone groups is 1. The Morgan fingerprint density at radius 1 is 1.36 bits per heavy atom. The minimum absolute atomic E-state index is 0.0223. The Hall–Kier alpha value is -1.50. The highest BCUT2D eigenvalue weighted by atomic mass is 32.2. The Labute approximate surface area is 128 Å². The average molecular weight is 331 g/mol. The Morgan fingerprint density at radius 2 is 2.05 bits per heavy atom. The van der Waals surface area contributed by atoms with Gasteiger partial charge in [-0.1, -0.05) is 6.92 Å². The molecule has 0 heterocycles. The highest BCUT2D eigenvalue weighted by Crippen LogP contribution is 2.41. The lowest BCUT2D eigenvalue weighted by Crippen LogP contribution is -2.35. The molecule has 0 saturated heterocycles. The van der Waals surface area contributed by atoms with Crippen LogP contribution in [-0.4, -0.2) is 25.8 Å². The number of halogens is 2. The van der Waals surface area contributed by atoms with Crippen molar-refractivity contribution in [3.05, 3.63) is 35.4 Å². The van der Waals surface area contributed by atoms with E-state index in [9.17, 15) is 22.0 Å². The average Bonchev–Trinajstić information content (AvgIpc) is 3.22. The van der Waals surface area contributed by atoms with Crippen molar-refractivity contribution >= 4 is 15.7 Å². The maximum atomic E-state index is 13.9. The molecule has 0 bridgehead atoms. The fourth-order valence-electron chi connectivity index (χ4n) is 2.43. The first kappa shape index (κ1) is 16.9. The summed E-state index contributed by atoms with van der Waals surface area (Å²) in [6.07, 6.45) is 2.02. The van der Waals surface area contributed by atoms with Crippen LogP contribution in [0.5, 0.6) is 0 Å². The van der Waals surface area contributed by atoms with Crippen LogP contribution in [0.2, 0.25) is 0 Å². The molecule has 2 rings (SSSR count). The van der Waals surface area contributed by atoms with E-state index in [1.54, 1.807) is 6.92 Å². The van der Waals surface area contributed by atoms with Crippen LogP contribution >= 0.6 is 0 Å². The van der Waals surface area contributed by atoms with Gasteiger partial charge in [0.25, 0.3) is 0 Å². The number of rotatable bonds is 7. The Kier molecular flexibility index (Phi) is 5.16. The molecule has 1 aliphatic rings. The van der Waals surface area contributed by atoms with E-state index in [2.05, 4.69) is 5.32 Å². The van der Waals surface area contributed by atoms with Gasteiger partial charge in [0.15, 0.2) is 9.84 Å². The fraction of sp³-hybridized carbons (Fsp3) is 0.533. The smallest absolute Gasteiger partial charge is 0.235 e. The number of benzene rings is 1. The summed E-state index contributed by atoms with van der Waals surface area (Å²) in [5.41, 5.74) is 0.0729. The molecule has 1 aromatic rings. The molecule has 1 atom stereocenters. The molecule has 1 N–H and O–H groups in total. The lowest BCUT2D eigenvalue weighted by atomic mass is 10.0. The normalized spacial score (nSPS) is 16.3. The quantitative estimate of drug-likeness (QED) is 0.834. The van der Waals surface area contributed by atoms with Gasteiger partial charge in [0.05, 0.1) is 11.8 Å². The van der Waals surface area contributed by atoms with Gasteiger partial charge in [-0.3, -0.25) is 4.79 Å². The topological polar surface area (TPSA) is 63.2 Å². The van der Waals surface area contributed by atoms with Crippen molar-refractivity contribution in [2.24, 2.45) is 5.92 Å². The number of nitrogens with one attached hydrogen (secondary N) is 1. The van der Waals surface area contributed by atoms with Gasteiger partial charge >= 0.3 is 0 Å². The molecular weight excluding hydrogens is 312 g/mol. The second-order valence-electron chi connectivity index (χ2n) is 5.64. The van der Waals surface area contributed by atoms with E-state index in [0.717, 1.165) is 31.0 Å². The van der Waals surface area contributed by atoms with Gasteiger partial charge in [-0.2, -0.15) is 0 Å². The first-order valence-electron chi connectivity index (χ1n) is 7.27. The molecule has 1 fully saturated rings. The minimum atomic E-state index is -3.46. The molecular formula is C15H19F2NO3S. The van der Waals surface area contributed by atoms with Gasteiger partial charge in [-0.15, -0.1) is 0 Å². The van der Waals surface area contributed by atoms with Gasteiger partial charge < -0.3 is 5.32 Å². The highest BCUT2D eigenvalue weighted by Gasteiger charge is 2.35. The summed E-state index contributed by atoms with van der Waals surface area (Å²) in [4.78, 5) is 11.9. The van der Waals surface area contributed by atoms with Crippen molar-refractivity contribution in [2.75, 3.05) is 11.5 Å². The molecule has 22 heavy (non-hydrogen) atoms. The number of hydrogen-bond donors (Lipinski definition) is 1. The lowest BCUT2D eigenvalue weighted by Gasteiger charge is -2.19. The summed E-state index contributed by atoms with van der Waals surface area (Å²) in [6, 6.07) is 2.40. The maximum absolute atomic E-state index is 13.9. The van der Waals surface area contributed by atoms with Gasteiger partial charge in [0, 0.05) is 5.56 Å². The lowest BCUT2D eigenvalue weighted by molar-refractivity contribution is -0.119. The van der Waals surface area contributed by atoms with E-state index in [-0.39, 0.29) is 17.2 Å². The van der Waals surface area contributed by atoms with Crippen LogP contribution in [-0.2, 0) is 14.6 Å². The van der Waals surface area contributed by atoms with Gasteiger partial charge in [-0.05, 0) is 43.4 Å². The molecule has 1 saturated carbocycles. The SMILES string of the molecule is CCCS(=O)(=O)CC(=O)N[C@H](c1cc(F)ccc1F)C1CC1. The van der Waals surface area contributed by atoms with Crippen LogP contribution in [0.15, 0.2) is 18.2 Å². The predicted molar refractivity (Wildman–Crippen MR) is 78.9 cm³/mol. The largest absolute Gasteiger partial charge is 0.348 e. The number of amides is 1. The Bertz CT molecular complexity index is 657. The van der Waals surface area contributed by atoms with Crippen LogP contribution in [0.4, 0.5) is 8.78 Å². The van der Waals surface area contributed by atoms with E-state index in [1.807, 2.05) is 0 Å². The van der Waals surface area contributed by atoms with Crippen LogP contribution in [0.3, 0.4) is 0 Å². The third-order valence-electron chi connectivity index (χ3n) is 3.57. The van der Waals surface area contributed by atoms with Crippen molar-refractivity contribution in [3.8, 4) is 0 Å². The molecule has 0 unspecified atom stereocenters. The fourth-order valence-corrected chi connectivity index (χ4v) is 3.68. The molecule has 1 aliphatic carbocycles. The summed E-state index contributed by atoms with van der Waals surface area (Å²) in [7, 11) is -3.46. The zero-order valence-corrected chi connectivity index (χ0v) is 13.1. The molecule has 122 valence electrons. The van der Waals surface area contributed by atoms with Crippen molar-refractivity contribution in [1.29, 1.82) is 0 Å². The monoisotopic (exact) mass is 331 g/mol. The van der Waals surface area contributed by atoms with Crippen molar-refractivity contribution in [2.45, 2.75) is 32.2 Å². The first-order valence-corrected chi connectivity index (χ1v) is 9.09. The minimum Gasteiger partial charge on any atom is -0.348 e. The Morgan fingerprint density at radius 3 is 2.64 bits per heavy atom. The number of carbonyl (C=O) groups is 1. The predicted octanol–water partition coefficient (Wildman–Crippen LogP) is 2.36. The third-order valence-corrected chi connectivity index (χ3v) is 5.30. The number of carbonyl (C=O) groups excluding carboxylic acids is 1. The molecule has 4 nitrogen and oxygen atoms in total. The molecule has 0 aromatic heterocycles. The summed E-state index contributed by atoms with van der Waals surface area (Å²) in [6.45, 7) is 1.71. The second kappa shape index (κ2) is 6.73. The zero-order valence-electron chi connectivity index (χ0n) is 12.3. The van der Waals surface area contributed by atoms with Crippen molar-refractivity contribution in [3.63, 3.8) is 0 Å². The summed E-state index contributed by atoms with van der Waals surface area (Å²) < 4.78 is 50.5. The summed E-state index contributed by atoms with van der Waals surface area (Å²) in [5.74, 6) is -2.53. The summed E-state index contributed by atoms with van der Waals surface area (Å²) in [5, 5.41) is 2.55. The van der Waals surface area contributed by atoms with Gasteiger partial charge in [0.2, 0.25) is 5.91 Å². The first-order chi connectivity index (χ1) is 10.3. The third kappa shape index (κ3) is 4.50.